The van der Waals surface area contributed by atoms with E-state index in [4.69, 9.17) is 0 Å². The number of rotatable bonds is 4. The molecule has 1 aromatic heterocycles. The van der Waals surface area contributed by atoms with Crippen molar-refractivity contribution in [2.24, 2.45) is 0 Å². The minimum atomic E-state index is 0.227. The van der Waals surface area contributed by atoms with Gasteiger partial charge in [0.15, 0.2) is 0 Å². The molecule has 0 bridgehead atoms. The highest BCUT2D eigenvalue weighted by atomic mass is 127. The van der Waals surface area contributed by atoms with Gasteiger partial charge in [-0.15, -0.1) is 11.3 Å². The van der Waals surface area contributed by atoms with Crippen LogP contribution in [0.15, 0.2) is 11.4 Å². The Balaban J connectivity index is 1.70. The van der Waals surface area contributed by atoms with E-state index in [1.165, 1.54) is 28.6 Å². The lowest BCUT2D eigenvalue weighted by atomic mass is 10.2. The van der Waals surface area contributed by atoms with Crippen LogP contribution in [0.3, 0.4) is 0 Å². The van der Waals surface area contributed by atoms with Crippen LogP contribution in [0, 0.1) is 2.88 Å². The second kappa shape index (κ2) is 5.46. The summed E-state index contributed by atoms with van der Waals surface area (Å²) < 4.78 is 1.19. The molecule has 3 nitrogen and oxygen atoms in total. The fourth-order valence-electron chi connectivity index (χ4n) is 2.52. The molecule has 1 aliphatic carbocycles. The smallest absolute Gasteiger partial charge is 0.255 e. The molecule has 5 heteroatoms. The van der Waals surface area contributed by atoms with E-state index in [1.54, 1.807) is 11.3 Å². The number of halogens is 1. The van der Waals surface area contributed by atoms with Gasteiger partial charge in [0.25, 0.3) is 5.91 Å². The molecule has 1 N–H and O–H groups in total. The topological polar surface area (TPSA) is 32.3 Å². The molecule has 0 spiro atoms. The first-order chi connectivity index (χ1) is 8.74. The van der Waals surface area contributed by atoms with Crippen molar-refractivity contribution in [2.75, 3.05) is 13.1 Å². The molecule has 1 saturated carbocycles. The highest BCUT2D eigenvalue weighted by Gasteiger charge is 2.35. The van der Waals surface area contributed by atoms with Gasteiger partial charge in [-0.1, -0.05) is 0 Å². The summed E-state index contributed by atoms with van der Waals surface area (Å²) in [6, 6.07) is 3.01. The molecule has 0 aromatic carbocycles. The van der Waals surface area contributed by atoms with Gasteiger partial charge >= 0.3 is 0 Å². The van der Waals surface area contributed by atoms with E-state index in [2.05, 4.69) is 32.8 Å². The number of carbonyl (C=O) groups excluding carboxylic acids is 1. The summed E-state index contributed by atoms with van der Waals surface area (Å²) in [5, 5.41) is 5.48. The first-order valence-electron chi connectivity index (χ1n) is 6.52. The Kier molecular flexibility index (Phi) is 3.91. The van der Waals surface area contributed by atoms with Crippen LogP contribution in [0.2, 0.25) is 0 Å². The maximum atomic E-state index is 12.5. The predicted octanol–water partition coefficient (Wildman–Crippen LogP) is 2.71. The average Bonchev–Trinajstić information content (AvgIpc) is 2.88. The monoisotopic (exact) mass is 376 g/mol. The molecule has 98 valence electrons. The summed E-state index contributed by atoms with van der Waals surface area (Å²) in [6.45, 7) is 1.99. The molecular formula is C13H17IN2OS. The van der Waals surface area contributed by atoms with Crippen LogP contribution >= 0.6 is 33.9 Å². The van der Waals surface area contributed by atoms with Crippen molar-refractivity contribution in [1.29, 1.82) is 0 Å². The summed E-state index contributed by atoms with van der Waals surface area (Å²) in [4.78, 5) is 14.6. The van der Waals surface area contributed by atoms with Crippen LogP contribution in [0.5, 0.6) is 0 Å². The van der Waals surface area contributed by atoms with E-state index in [9.17, 15) is 4.79 Å². The van der Waals surface area contributed by atoms with Gasteiger partial charge in [-0.2, -0.15) is 0 Å². The van der Waals surface area contributed by atoms with Crippen molar-refractivity contribution >= 4 is 39.8 Å². The summed E-state index contributed by atoms with van der Waals surface area (Å²) >= 11 is 3.92. The molecule has 1 atom stereocenters. The van der Waals surface area contributed by atoms with Crippen molar-refractivity contribution in [3.8, 4) is 0 Å². The maximum Gasteiger partial charge on any atom is 0.255 e. The summed E-state index contributed by atoms with van der Waals surface area (Å²) in [5.74, 6) is 0.227. The van der Waals surface area contributed by atoms with Gasteiger partial charge in [0.1, 0.15) is 0 Å². The second-order valence-corrected chi connectivity index (χ2v) is 7.93. The van der Waals surface area contributed by atoms with E-state index in [-0.39, 0.29) is 5.91 Å². The highest BCUT2D eigenvalue weighted by Crippen LogP contribution is 2.30. The molecule has 1 unspecified atom stereocenters. The van der Waals surface area contributed by atoms with Gasteiger partial charge in [0.05, 0.1) is 8.45 Å². The van der Waals surface area contributed by atoms with E-state index < -0.39 is 0 Å². The number of nitrogens with zero attached hydrogens (tertiary/aromatic N) is 1. The Labute approximate surface area is 125 Å². The van der Waals surface area contributed by atoms with Crippen molar-refractivity contribution < 1.29 is 4.79 Å². The summed E-state index contributed by atoms with van der Waals surface area (Å²) in [5.41, 5.74) is 0.870. The zero-order chi connectivity index (χ0) is 12.5. The van der Waals surface area contributed by atoms with Gasteiger partial charge in [-0.3, -0.25) is 4.79 Å². The van der Waals surface area contributed by atoms with Crippen molar-refractivity contribution in [3.05, 3.63) is 19.9 Å². The molecule has 1 saturated heterocycles. The first kappa shape index (κ1) is 12.9. The quantitative estimate of drug-likeness (QED) is 0.820. The molecular weight excluding hydrogens is 359 g/mol. The number of amides is 1. The number of thiophene rings is 1. The van der Waals surface area contributed by atoms with Gasteiger partial charge in [-0.05, 0) is 60.9 Å². The Morgan fingerprint density at radius 1 is 1.50 bits per heavy atom. The lowest BCUT2D eigenvalue weighted by Crippen LogP contribution is -2.42. The highest BCUT2D eigenvalue weighted by molar-refractivity contribution is 14.1. The van der Waals surface area contributed by atoms with Gasteiger partial charge in [0, 0.05) is 24.0 Å². The van der Waals surface area contributed by atoms with Crippen LogP contribution in [-0.4, -0.2) is 36.0 Å². The second-order valence-electron chi connectivity index (χ2n) is 5.12. The number of hydrogen-bond acceptors (Lipinski definition) is 3. The lowest BCUT2D eigenvalue weighted by molar-refractivity contribution is 0.0729. The molecule has 3 rings (SSSR count). The van der Waals surface area contributed by atoms with Crippen LogP contribution in [0.25, 0.3) is 0 Å². The van der Waals surface area contributed by atoms with E-state index in [1.807, 2.05) is 11.4 Å². The first-order valence-corrected chi connectivity index (χ1v) is 8.48. The normalized spacial score (nSPS) is 23.3. The fourth-order valence-corrected chi connectivity index (χ4v) is 3.84. The minimum Gasteiger partial charge on any atom is -0.334 e. The minimum absolute atomic E-state index is 0.227. The predicted molar refractivity (Wildman–Crippen MR) is 82.1 cm³/mol. The molecule has 2 aliphatic rings. The SMILES string of the molecule is O=C(c1csc(I)c1)N(CC1CCCN1)C1CC1. The third-order valence-electron chi connectivity index (χ3n) is 3.64. The van der Waals surface area contributed by atoms with E-state index >= 15 is 0 Å². The maximum absolute atomic E-state index is 12.5. The zero-order valence-electron chi connectivity index (χ0n) is 10.2. The Morgan fingerprint density at radius 3 is 2.89 bits per heavy atom. The molecule has 2 heterocycles. The number of hydrogen-bond donors (Lipinski definition) is 1. The van der Waals surface area contributed by atoms with Crippen LogP contribution < -0.4 is 5.32 Å². The van der Waals surface area contributed by atoms with E-state index in [0.717, 1.165) is 18.7 Å². The Morgan fingerprint density at radius 2 is 2.33 bits per heavy atom. The lowest BCUT2D eigenvalue weighted by Gasteiger charge is -2.25. The van der Waals surface area contributed by atoms with Crippen LogP contribution in [-0.2, 0) is 0 Å². The number of carbonyl (C=O) groups is 1. The molecule has 1 aromatic rings. The third-order valence-corrected chi connectivity index (χ3v) is 5.43. The van der Waals surface area contributed by atoms with Crippen molar-refractivity contribution in [1.82, 2.24) is 10.2 Å². The van der Waals surface area contributed by atoms with Crippen molar-refractivity contribution in [3.63, 3.8) is 0 Å². The number of nitrogens with one attached hydrogen (secondary N) is 1. The average molecular weight is 376 g/mol. The summed E-state index contributed by atoms with van der Waals surface area (Å²) in [7, 11) is 0. The molecule has 0 radical (unpaired) electrons. The Bertz CT molecular complexity index is 438. The van der Waals surface area contributed by atoms with E-state index in [0.29, 0.717) is 12.1 Å². The van der Waals surface area contributed by atoms with Gasteiger partial charge < -0.3 is 10.2 Å². The summed E-state index contributed by atoms with van der Waals surface area (Å²) in [6.07, 6.45) is 4.81. The third kappa shape index (κ3) is 2.88. The van der Waals surface area contributed by atoms with Crippen LogP contribution in [0.4, 0.5) is 0 Å². The molecule has 2 fully saturated rings. The molecule has 18 heavy (non-hydrogen) atoms. The zero-order valence-corrected chi connectivity index (χ0v) is 13.2. The van der Waals surface area contributed by atoms with Crippen LogP contribution in [0.1, 0.15) is 36.0 Å². The van der Waals surface area contributed by atoms with Crippen molar-refractivity contribution in [2.45, 2.75) is 37.8 Å². The van der Waals surface area contributed by atoms with Gasteiger partial charge in [0.2, 0.25) is 0 Å². The fraction of sp³-hybridized carbons (Fsp3) is 0.615. The molecule has 1 amide bonds. The largest absolute Gasteiger partial charge is 0.334 e. The van der Waals surface area contributed by atoms with Gasteiger partial charge in [-0.25, -0.2) is 0 Å². The standard InChI is InChI=1S/C13H17IN2OS/c14-12-6-9(8-18-12)13(17)16(11-3-4-11)7-10-2-1-5-15-10/h6,8,10-11,15H,1-5,7H2. The Hall–Kier alpha value is -0.140. The molecule has 1 aliphatic heterocycles.